The Morgan fingerprint density at radius 3 is 2.44 bits per heavy atom. The Morgan fingerprint density at radius 2 is 1.85 bits per heavy atom. The minimum Gasteiger partial charge on any atom is -0.378 e. The van der Waals surface area contributed by atoms with Crippen molar-refractivity contribution in [3.8, 4) is 0 Å². The molecule has 2 aromatic heterocycles. The number of morpholine rings is 1. The van der Waals surface area contributed by atoms with Crippen LogP contribution in [0.15, 0.2) is 9.42 Å². The number of sulfonamides is 1. The molecule has 0 atom stereocenters. The summed E-state index contributed by atoms with van der Waals surface area (Å²) in [5, 5.41) is 3.69. The van der Waals surface area contributed by atoms with Crippen LogP contribution < -0.4 is 14.5 Å². The van der Waals surface area contributed by atoms with E-state index in [4.69, 9.17) is 9.26 Å². The number of nitrogens with one attached hydrogen (secondary N) is 1. The lowest BCUT2D eigenvalue weighted by Gasteiger charge is -2.27. The molecule has 0 radical (unpaired) electrons. The van der Waals surface area contributed by atoms with Crippen molar-refractivity contribution in [3.63, 3.8) is 0 Å². The number of aryl methyl sites for hydroxylation is 2. The van der Waals surface area contributed by atoms with Gasteiger partial charge in [0.15, 0.2) is 11.6 Å². The largest absolute Gasteiger partial charge is 0.378 e. The van der Waals surface area contributed by atoms with Gasteiger partial charge in [-0.15, -0.1) is 0 Å². The molecular formula is C15H23N7O4S. The summed E-state index contributed by atoms with van der Waals surface area (Å²) in [5.74, 6) is 1.52. The van der Waals surface area contributed by atoms with Crippen LogP contribution in [0.25, 0.3) is 0 Å². The summed E-state index contributed by atoms with van der Waals surface area (Å²) in [4.78, 5) is 17.0. The molecule has 0 saturated carbocycles. The molecule has 0 bridgehead atoms. The smallest absolute Gasteiger partial charge is 0.246 e. The molecule has 0 aliphatic carbocycles. The third kappa shape index (κ3) is 4.34. The summed E-state index contributed by atoms with van der Waals surface area (Å²) in [6.45, 7) is 5.58. The third-order valence-corrected chi connectivity index (χ3v) is 5.65. The van der Waals surface area contributed by atoms with E-state index in [1.54, 1.807) is 18.7 Å². The zero-order valence-corrected chi connectivity index (χ0v) is 16.6. The molecule has 148 valence electrons. The van der Waals surface area contributed by atoms with Gasteiger partial charge < -0.3 is 19.1 Å². The fourth-order valence-electron chi connectivity index (χ4n) is 2.67. The molecule has 27 heavy (non-hydrogen) atoms. The van der Waals surface area contributed by atoms with Crippen LogP contribution in [-0.4, -0.2) is 68.9 Å². The third-order valence-electron chi connectivity index (χ3n) is 4.01. The summed E-state index contributed by atoms with van der Waals surface area (Å²) in [7, 11) is -0.170. The van der Waals surface area contributed by atoms with Crippen LogP contribution in [0.4, 0.5) is 11.9 Å². The predicted octanol–water partition coefficient (Wildman–Crippen LogP) is -0.142. The molecular weight excluding hydrogens is 374 g/mol. The number of anilines is 2. The van der Waals surface area contributed by atoms with Crippen LogP contribution in [0, 0.1) is 13.8 Å². The summed E-state index contributed by atoms with van der Waals surface area (Å²) < 4.78 is 38.0. The lowest BCUT2D eigenvalue weighted by atomic mass is 10.4. The van der Waals surface area contributed by atoms with Gasteiger partial charge in [-0.05, 0) is 13.8 Å². The molecule has 1 saturated heterocycles. The Bertz CT molecular complexity index is 887. The Labute approximate surface area is 157 Å². The van der Waals surface area contributed by atoms with Crippen molar-refractivity contribution in [2.45, 2.75) is 25.3 Å². The summed E-state index contributed by atoms with van der Waals surface area (Å²) in [6, 6.07) is 0. The molecule has 2 aromatic rings. The number of hydrogen-bond acceptors (Lipinski definition) is 10. The van der Waals surface area contributed by atoms with Gasteiger partial charge in [0, 0.05) is 27.2 Å². The van der Waals surface area contributed by atoms with Crippen LogP contribution in [0.5, 0.6) is 0 Å². The van der Waals surface area contributed by atoms with Gasteiger partial charge in [0.2, 0.25) is 21.9 Å². The van der Waals surface area contributed by atoms with E-state index >= 15 is 0 Å². The highest BCUT2D eigenvalue weighted by Crippen LogP contribution is 2.19. The lowest BCUT2D eigenvalue weighted by Crippen LogP contribution is -2.38. The van der Waals surface area contributed by atoms with Gasteiger partial charge in [0.25, 0.3) is 0 Å². The van der Waals surface area contributed by atoms with Crippen molar-refractivity contribution >= 4 is 21.9 Å². The molecule has 0 amide bonds. The highest BCUT2D eigenvalue weighted by Gasteiger charge is 2.25. The first-order chi connectivity index (χ1) is 12.8. The Hall–Kier alpha value is -2.31. The number of nitrogens with zero attached hydrogens (tertiary/aromatic N) is 6. The van der Waals surface area contributed by atoms with E-state index in [0.717, 1.165) is 0 Å². The average molecular weight is 397 g/mol. The molecule has 0 aromatic carbocycles. The Morgan fingerprint density at radius 1 is 1.15 bits per heavy atom. The zero-order valence-electron chi connectivity index (χ0n) is 15.8. The Balaban J connectivity index is 1.84. The number of rotatable bonds is 6. The van der Waals surface area contributed by atoms with Crippen molar-refractivity contribution < 1.29 is 17.7 Å². The van der Waals surface area contributed by atoms with Gasteiger partial charge in [-0.2, -0.15) is 15.0 Å². The van der Waals surface area contributed by atoms with E-state index in [0.29, 0.717) is 49.7 Å². The maximum atomic E-state index is 12.6. The SMILES string of the molecule is Cc1noc(C)c1S(=O)(=O)NCc1nc(N(C)C)nc(N2CCOCC2)n1. The molecule has 1 aliphatic heterocycles. The van der Waals surface area contributed by atoms with E-state index < -0.39 is 10.0 Å². The second kappa shape index (κ2) is 7.74. The van der Waals surface area contributed by atoms with Crippen LogP contribution in [0.2, 0.25) is 0 Å². The van der Waals surface area contributed by atoms with Crippen molar-refractivity contribution in [2.24, 2.45) is 0 Å². The first-order valence-electron chi connectivity index (χ1n) is 8.45. The molecule has 3 heterocycles. The molecule has 1 N–H and O–H groups in total. The first-order valence-corrected chi connectivity index (χ1v) is 9.94. The fraction of sp³-hybridized carbons (Fsp3) is 0.600. The van der Waals surface area contributed by atoms with Crippen molar-refractivity contribution in [1.82, 2.24) is 24.8 Å². The van der Waals surface area contributed by atoms with E-state index in [9.17, 15) is 8.42 Å². The van der Waals surface area contributed by atoms with Gasteiger partial charge in [0.05, 0.1) is 19.8 Å². The quantitative estimate of drug-likeness (QED) is 0.703. The summed E-state index contributed by atoms with van der Waals surface area (Å²) in [6.07, 6.45) is 0. The average Bonchev–Trinajstić information content (AvgIpc) is 2.99. The normalized spacial score (nSPS) is 15.2. The lowest BCUT2D eigenvalue weighted by molar-refractivity contribution is 0.122. The maximum absolute atomic E-state index is 12.6. The molecule has 11 nitrogen and oxygen atoms in total. The molecule has 12 heteroatoms. The molecule has 1 fully saturated rings. The van der Waals surface area contributed by atoms with Gasteiger partial charge >= 0.3 is 0 Å². The van der Waals surface area contributed by atoms with E-state index in [1.165, 1.54) is 0 Å². The van der Waals surface area contributed by atoms with E-state index in [1.807, 2.05) is 19.0 Å². The first kappa shape index (κ1) is 19.5. The van der Waals surface area contributed by atoms with E-state index in [2.05, 4.69) is 24.8 Å². The standard InChI is InChI=1S/C15H23N7O4S/c1-10-13(11(2)26-20-10)27(23,24)16-9-12-17-14(21(3)4)19-15(18-12)22-5-7-25-8-6-22/h16H,5-9H2,1-4H3. The summed E-state index contributed by atoms with van der Waals surface area (Å²) in [5.41, 5.74) is 0.304. The molecule has 3 rings (SSSR count). The van der Waals surface area contributed by atoms with Crippen molar-refractivity contribution in [2.75, 3.05) is 50.2 Å². The van der Waals surface area contributed by atoms with Crippen LogP contribution in [0.1, 0.15) is 17.3 Å². The van der Waals surface area contributed by atoms with Crippen LogP contribution in [0.3, 0.4) is 0 Å². The highest BCUT2D eigenvalue weighted by molar-refractivity contribution is 7.89. The number of hydrogen-bond donors (Lipinski definition) is 1. The van der Waals surface area contributed by atoms with Crippen molar-refractivity contribution in [1.29, 1.82) is 0 Å². The van der Waals surface area contributed by atoms with Gasteiger partial charge in [-0.25, -0.2) is 13.1 Å². The number of ether oxygens (including phenoxy) is 1. The molecule has 0 unspecified atom stereocenters. The van der Waals surface area contributed by atoms with Gasteiger partial charge in [-0.1, -0.05) is 5.16 Å². The second-order valence-electron chi connectivity index (χ2n) is 6.32. The highest BCUT2D eigenvalue weighted by atomic mass is 32.2. The van der Waals surface area contributed by atoms with Crippen LogP contribution >= 0.6 is 0 Å². The molecule has 1 aliphatic rings. The van der Waals surface area contributed by atoms with Crippen LogP contribution in [-0.2, 0) is 21.3 Å². The maximum Gasteiger partial charge on any atom is 0.246 e. The van der Waals surface area contributed by atoms with E-state index in [-0.39, 0.29) is 17.2 Å². The fourth-order valence-corrected chi connectivity index (χ4v) is 3.97. The predicted molar refractivity (Wildman–Crippen MR) is 97.2 cm³/mol. The minimum atomic E-state index is -3.80. The van der Waals surface area contributed by atoms with Gasteiger partial charge in [0.1, 0.15) is 10.6 Å². The van der Waals surface area contributed by atoms with Crippen molar-refractivity contribution in [3.05, 3.63) is 17.3 Å². The summed E-state index contributed by atoms with van der Waals surface area (Å²) >= 11 is 0. The monoisotopic (exact) mass is 397 g/mol. The van der Waals surface area contributed by atoms with Gasteiger partial charge in [-0.3, -0.25) is 0 Å². The minimum absolute atomic E-state index is 0.0396. The number of aromatic nitrogens is 4. The zero-order chi connectivity index (χ0) is 19.6. The second-order valence-corrected chi connectivity index (χ2v) is 8.03. The topological polar surface area (TPSA) is 127 Å². The Kier molecular flexibility index (Phi) is 5.58. The molecule has 0 spiro atoms.